The van der Waals surface area contributed by atoms with Crippen LogP contribution in [0.15, 0.2) is 12.4 Å². The van der Waals surface area contributed by atoms with Crippen LogP contribution >= 0.6 is 11.8 Å². The zero-order valence-electron chi connectivity index (χ0n) is 11.2. The maximum atomic E-state index is 12.7. The van der Waals surface area contributed by atoms with Gasteiger partial charge in [-0.1, -0.05) is 0 Å². The molecule has 5 nitrogen and oxygen atoms in total. The maximum absolute atomic E-state index is 12.7. The number of nitrogens with zero attached hydrogens (tertiary/aromatic N) is 3. The van der Waals surface area contributed by atoms with Gasteiger partial charge in [-0.15, -0.1) is 11.8 Å². The van der Waals surface area contributed by atoms with Gasteiger partial charge in [0.15, 0.2) is 0 Å². The van der Waals surface area contributed by atoms with Gasteiger partial charge in [-0.2, -0.15) is 0 Å². The first-order valence-electron chi connectivity index (χ1n) is 6.87. The highest BCUT2D eigenvalue weighted by atomic mass is 32.2. The van der Waals surface area contributed by atoms with Crippen molar-refractivity contribution in [1.82, 2.24) is 19.8 Å². The second-order valence-corrected chi connectivity index (χ2v) is 6.46. The number of hydrogen-bond donors (Lipinski definition) is 1. The van der Waals surface area contributed by atoms with Crippen LogP contribution in [0.1, 0.15) is 24.7 Å². The van der Waals surface area contributed by atoms with Gasteiger partial charge >= 0.3 is 0 Å². The molecular weight excluding hydrogens is 260 g/mol. The van der Waals surface area contributed by atoms with Crippen LogP contribution in [0.2, 0.25) is 0 Å². The Kier molecular flexibility index (Phi) is 3.79. The summed E-state index contributed by atoms with van der Waals surface area (Å²) in [7, 11) is 1.99. The number of carbonyl (C=O) groups is 1. The molecule has 1 N–H and O–H groups in total. The summed E-state index contributed by atoms with van der Waals surface area (Å²) in [6, 6.07) is 0.0717. The van der Waals surface area contributed by atoms with E-state index in [0.717, 1.165) is 37.6 Å². The van der Waals surface area contributed by atoms with Gasteiger partial charge in [-0.25, -0.2) is 4.98 Å². The molecule has 3 heterocycles. The standard InChI is InChI=1S/C13H20N4OS/c1-16-6-5-15-12(16)10-9-14-4-7-17(10)13(18)11-3-2-8-19-11/h5-6,10-11,14H,2-4,7-9H2,1H3. The molecule has 0 saturated carbocycles. The third-order valence-corrected chi connectivity index (χ3v) is 5.25. The van der Waals surface area contributed by atoms with Crippen LogP contribution in [0.5, 0.6) is 0 Å². The Balaban J connectivity index is 1.81. The molecule has 19 heavy (non-hydrogen) atoms. The quantitative estimate of drug-likeness (QED) is 0.870. The van der Waals surface area contributed by atoms with E-state index in [-0.39, 0.29) is 11.3 Å². The predicted octanol–water partition coefficient (Wildman–Crippen LogP) is 0.789. The molecule has 6 heteroatoms. The van der Waals surface area contributed by atoms with Crippen molar-refractivity contribution in [3.05, 3.63) is 18.2 Å². The summed E-state index contributed by atoms with van der Waals surface area (Å²) in [5, 5.41) is 3.54. The average Bonchev–Trinajstić information content (AvgIpc) is 3.09. The third kappa shape index (κ3) is 2.51. The zero-order chi connectivity index (χ0) is 13.2. The summed E-state index contributed by atoms with van der Waals surface area (Å²) in [6.45, 7) is 2.46. The molecule has 0 aromatic carbocycles. The number of imidazole rings is 1. The lowest BCUT2D eigenvalue weighted by atomic mass is 10.1. The average molecular weight is 280 g/mol. The molecule has 0 spiro atoms. The van der Waals surface area contributed by atoms with Crippen molar-refractivity contribution >= 4 is 17.7 Å². The molecule has 2 unspecified atom stereocenters. The SMILES string of the molecule is Cn1ccnc1C1CNCCN1C(=O)C1CCCS1. The predicted molar refractivity (Wildman–Crippen MR) is 76.0 cm³/mol. The minimum atomic E-state index is 0.0717. The lowest BCUT2D eigenvalue weighted by molar-refractivity contribution is -0.134. The minimum Gasteiger partial charge on any atom is -0.336 e. The molecule has 2 fully saturated rings. The van der Waals surface area contributed by atoms with Gasteiger partial charge in [0.2, 0.25) is 5.91 Å². The molecule has 2 saturated heterocycles. The summed E-state index contributed by atoms with van der Waals surface area (Å²) in [5.41, 5.74) is 0. The van der Waals surface area contributed by atoms with E-state index in [1.807, 2.05) is 34.5 Å². The number of carbonyl (C=O) groups excluding carboxylic acids is 1. The summed E-state index contributed by atoms with van der Waals surface area (Å²) in [5.74, 6) is 2.40. The second kappa shape index (κ2) is 5.54. The van der Waals surface area contributed by atoms with Gasteiger partial charge in [0.25, 0.3) is 0 Å². The van der Waals surface area contributed by atoms with Crippen molar-refractivity contribution < 1.29 is 4.79 Å². The van der Waals surface area contributed by atoms with E-state index < -0.39 is 0 Å². The van der Waals surface area contributed by atoms with Gasteiger partial charge in [0.1, 0.15) is 11.9 Å². The minimum absolute atomic E-state index is 0.0717. The Morgan fingerprint density at radius 3 is 3.16 bits per heavy atom. The van der Waals surface area contributed by atoms with E-state index in [2.05, 4.69) is 10.3 Å². The molecule has 1 aromatic rings. The number of aromatic nitrogens is 2. The Hall–Kier alpha value is -1.01. The van der Waals surface area contributed by atoms with Crippen LogP contribution < -0.4 is 5.32 Å². The Labute approximate surface area is 117 Å². The van der Waals surface area contributed by atoms with Gasteiger partial charge < -0.3 is 14.8 Å². The van der Waals surface area contributed by atoms with E-state index in [9.17, 15) is 4.79 Å². The maximum Gasteiger partial charge on any atom is 0.236 e. The Bertz CT molecular complexity index is 455. The summed E-state index contributed by atoms with van der Waals surface area (Å²) >= 11 is 1.81. The van der Waals surface area contributed by atoms with E-state index in [0.29, 0.717) is 5.91 Å². The summed E-state index contributed by atoms with van der Waals surface area (Å²) < 4.78 is 2.01. The van der Waals surface area contributed by atoms with Crippen LogP contribution in [-0.4, -0.2) is 51.0 Å². The number of rotatable bonds is 2. The molecule has 3 rings (SSSR count). The molecule has 1 amide bonds. The largest absolute Gasteiger partial charge is 0.336 e. The van der Waals surface area contributed by atoms with Gasteiger partial charge in [0.05, 0.1) is 5.25 Å². The lowest BCUT2D eigenvalue weighted by Crippen LogP contribution is -2.51. The molecule has 0 radical (unpaired) electrons. The number of nitrogens with one attached hydrogen (secondary N) is 1. The highest BCUT2D eigenvalue weighted by Crippen LogP contribution is 2.31. The van der Waals surface area contributed by atoms with Crippen molar-refractivity contribution in [2.75, 3.05) is 25.4 Å². The lowest BCUT2D eigenvalue weighted by Gasteiger charge is -2.37. The molecule has 0 bridgehead atoms. The summed E-state index contributed by atoms with van der Waals surface area (Å²) in [6.07, 6.45) is 5.94. The Morgan fingerprint density at radius 1 is 1.58 bits per heavy atom. The van der Waals surface area contributed by atoms with Crippen LogP contribution in [0, 0.1) is 0 Å². The van der Waals surface area contributed by atoms with E-state index >= 15 is 0 Å². The molecular formula is C13H20N4OS. The smallest absolute Gasteiger partial charge is 0.236 e. The van der Waals surface area contributed by atoms with Crippen molar-refractivity contribution in [2.45, 2.75) is 24.1 Å². The molecule has 2 atom stereocenters. The third-order valence-electron chi connectivity index (χ3n) is 3.89. The molecule has 2 aliphatic heterocycles. The Morgan fingerprint density at radius 2 is 2.47 bits per heavy atom. The summed E-state index contributed by atoms with van der Waals surface area (Å²) in [4.78, 5) is 19.1. The number of aryl methyl sites for hydroxylation is 1. The van der Waals surface area contributed by atoms with Crippen LogP contribution in [-0.2, 0) is 11.8 Å². The fraction of sp³-hybridized carbons (Fsp3) is 0.692. The van der Waals surface area contributed by atoms with Gasteiger partial charge in [-0.3, -0.25) is 4.79 Å². The number of thioether (sulfide) groups is 1. The first-order chi connectivity index (χ1) is 9.27. The van der Waals surface area contributed by atoms with Crippen LogP contribution in [0.4, 0.5) is 0 Å². The molecule has 0 aliphatic carbocycles. The fourth-order valence-corrected chi connectivity index (χ4v) is 4.08. The van der Waals surface area contributed by atoms with Gasteiger partial charge in [0, 0.05) is 39.1 Å². The van der Waals surface area contributed by atoms with Crippen molar-refractivity contribution in [1.29, 1.82) is 0 Å². The van der Waals surface area contributed by atoms with E-state index in [4.69, 9.17) is 0 Å². The van der Waals surface area contributed by atoms with E-state index in [1.165, 1.54) is 6.42 Å². The monoisotopic (exact) mass is 280 g/mol. The number of hydrogen-bond acceptors (Lipinski definition) is 4. The zero-order valence-corrected chi connectivity index (χ0v) is 12.0. The van der Waals surface area contributed by atoms with Crippen molar-refractivity contribution in [2.24, 2.45) is 7.05 Å². The van der Waals surface area contributed by atoms with Crippen molar-refractivity contribution in [3.8, 4) is 0 Å². The molecule has 1 aromatic heterocycles. The number of amides is 1. The first kappa shape index (κ1) is 13.0. The fourth-order valence-electron chi connectivity index (χ4n) is 2.85. The highest BCUT2D eigenvalue weighted by molar-refractivity contribution is 8.00. The normalized spacial score (nSPS) is 27.7. The first-order valence-corrected chi connectivity index (χ1v) is 7.92. The highest BCUT2D eigenvalue weighted by Gasteiger charge is 2.35. The topological polar surface area (TPSA) is 50.2 Å². The van der Waals surface area contributed by atoms with E-state index in [1.54, 1.807) is 6.20 Å². The second-order valence-electron chi connectivity index (χ2n) is 5.15. The van der Waals surface area contributed by atoms with Crippen molar-refractivity contribution in [3.63, 3.8) is 0 Å². The van der Waals surface area contributed by atoms with Crippen LogP contribution in [0.3, 0.4) is 0 Å². The number of piperazine rings is 1. The van der Waals surface area contributed by atoms with Gasteiger partial charge in [-0.05, 0) is 18.6 Å². The van der Waals surface area contributed by atoms with Crippen LogP contribution in [0.25, 0.3) is 0 Å². The molecule has 104 valence electrons. The molecule has 2 aliphatic rings.